The van der Waals surface area contributed by atoms with Gasteiger partial charge in [-0.15, -0.1) is 0 Å². The van der Waals surface area contributed by atoms with E-state index in [1.807, 2.05) is 41.0 Å². The van der Waals surface area contributed by atoms with Crippen LogP contribution >= 0.6 is 0 Å². The number of hydrogen-bond acceptors (Lipinski definition) is 2. The van der Waals surface area contributed by atoms with E-state index in [1.54, 1.807) is 0 Å². The maximum absolute atomic E-state index is 4.52. The van der Waals surface area contributed by atoms with Gasteiger partial charge in [0.1, 0.15) is 5.65 Å². The molecule has 0 unspecified atom stereocenters. The molecule has 0 N–H and O–H groups in total. The van der Waals surface area contributed by atoms with Crippen LogP contribution in [0.3, 0.4) is 0 Å². The van der Waals surface area contributed by atoms with Gasteiger partial charge in [0.05, 0.1) is 0 Å². The normalized spacial score (nSPS) is 11.3. The third kappa shape index (κ3) is 1.67. The molecule has 23 heavy (non-hydrogen) atoms. The first-order valence-corrected chi connectivity index (χ1v) is 7.48. The molecule has 0 atom stereocenters. The fraction of sp³-hybridized carbons (Fsp3) is 0.0500. The van der Waals surface area contributed by atoms with Crippen LogP contribution in [0.4, 0.5) is 5.69 Å². The van der Waals surface area contributed by atoms with Gasteiger partial charge in [-0.05, 0) is 23.9 Å². The van der Waals surface area contributed by atoms with E-state index in [0.29, 0.717) is 0 Å². The van der Waals surface area contributed by atoms with Crippen LogP contribution in [-0.2, 0) is 0 Å². The Morgan fingerprint density at radius 3 is 2.61 bits per heavy atom. The lowest BCUT2D eigenvalue weighted by Crippen LogP contribution is -2.14. The number of imidazole rings is 1. The topological polar surface area (TPSA) is 20.5 Å². The Balaban J connectivity index is 2.38. The molecule has 3 nitrogen and oxygen atoms in total. The molecule has 4 rings (SSSR count). The number of fused-ring (bicyclic) bond motifs is 2. The van der Waals surface area contributed by atoms with Crippen molar-refractivity contribution < 1.29 is 0 Å². The molecular formula is C20H17N3. The molecule has 112 valence electrons. The molecule has 2 aromatic carbocycles. The van der Waals surface area contributed by atoms with Crippen LogP contribution in [0.25, 0.3) is 39.8 Å². The van der Waals surface area contributed by atoms with E-state index < -0.39 is 0 Å². The van der Waals surface area contributed by atoms with E-state index in [0.717, 1.165) is 38.4 Å². The van der Waals surface area contributed by atoms with Crippen molar-refractivity contribution in [3.8, 4) is 0 Å². The van der Waals surface area contributed by atoms with E-state index >= 15 is 0 Å². The van der Waals surface area contributed by atoms with E-state index in [4.69, 9.17) is 0 Å². The fourth-order valence-electron chi connectivity index (χ4n) is 3.34. The molecule has 0 aliphatic rings. The lowest BCUT2D eigenvalue weighted by molar-refractivity contribution is 1.16. The Morgan fingerprint density at radius 1 is 1.09 bits per heavy atom. The van der Waals surface area contributed by atoms with Crippen molar-refractivity contribution in [1.82, 2.24) is 9.38 Å². The SMILES string of the molecule is C=Cc1ccc2c3c1c(N(C)C=C)ccc3c(=C)n1ccnc21. The number of benzene rings is 2. The standard InChI is InChI=1S/C20H17N3/c1-5-14-7-8-16-19-15(13(3)23-12-11-21-20(16)23)9-10-17(18(14)19)22(4)6-2/h5-12H,1-3H2,4H3. The highest BCUT2D eigenvalue weighted by Gasteiger charge is 2.15. The van der Waals surface area contributed by atoms with Gasteiger partial charge in [0, 0.05) is 52.0 Å². The first-order chi connectivity index (χ1) is 11.2. The summed E-state index contributed by atoms with van der Waals surface area (Å²) in [4.78, 5) is 6.55. The smallest absolute Gasteiger partial charge is 0.145 e. The first-order valence-electron chi connectivity index (χ1n) is 7.48. The molecule has 3 heteroatoms. The van der Waals surface area contributed by atoms with Crippen LogP contribution in [0.5, 0.6) is 0 Å². The van der Waals surface area contributed by atoms with Crippen molar-refractivity contribution in [1.29, 1.82) is 0 Å². The second-order valence-electron chi connectivity index (χ2n) is 5.65. The van der Waals surface area contributed by atoms with Crippen LogP contribution < -0.4 is 10.2 Å². The Hall–Kier alpha value is -3.07. The Kier molecular flexibility index (Phi) is 2.78. The summed E-state index contributed by atoms with van der Waals surface area (Å²) in [5.41, 5.74) is 3.13. The van der Waals surface area contributed by atoms with Gasteiger partial charge in [0.2, 0.25) is 0 Å². The summed E-state index contributed by atoms with van der Waals surface area (Å²) in [6.45, 7) is 12.1. The predicted octanol–water partition coefficient (Wildman–Crippen LogP) is 3.99. The van der Waals surface area contributed by atoms with Crippen molar-refractivity contribution in [2.45, 2.75) is 0 Å². The van der Waals surface area contributed by atoms with Gasteiger partial charge in [-0.1, -0.05) is 37.9 Å². The maximum atomic E-state index is 4.52. The van der Waals surface area contributed by atoms with Gasteiger partial charge in [0.15, 0.2) is 0 Å². The van der Waals surface area contributed by atoms with Gasteiger partial charge < -0.3 is 4.90 Å². The number of nitrogens with zero attached hydrogens (tertiary/aromatic N) is 3. The van der Waals surface area contributed by atoms with Crippen molar-refractivity contribution in [3.05, 3.63) is 66.9 Å². The molecule has 0 fully saturated rings. The summed E-state index contributed by atoms with van der Waals surface area (Å²) in [6.07, 6.45) is 7.48. The minimum Gasteiger partial charge on any atom is -0.351 e. The second kappa shape index (κ2) is 4.71. The summed E-state index contributed by atoms with van der Waals surface area (Å²) in [6, 6.07) is 8.45. The van der Waals surface area contributed by atoms with Crippen LogP contribution in [0.2, 0.25) is 0 Å². The molecule has 4 aromatic rings. The van der Waals surface area contributed by atoms with Gasteiger partial charge in [-0.2, -0.15) is 0 Å². The zero-order chi connectivity index (χ0) is 16.1. The van der Waals surface area contributed by atoms with Gasteiger partial charge in [0.25, 0.3) is 0 Å². The summed E-state index contributed by atoms with van der Waals surface area (Å²) >= 11 is 0. The van der Waals surface area contributed by atoms with Crippen LogP contribution in [0, 0.1) is 0 Å². The Bertz CT molecular complexity index is 1130. The average Bonchev–Trinajstić information content (AvgIpc) is 3.08. The molecule has 0 saturated carbocycles. The summed E-state index contributed by atoms with van der Waals surface area (Å²) in [7, 11) is 2.00. The Labute approximate surface area is 134 Å². The zero-order valence-electron chi connectivity index (χ0n) is 13.1. The highest BCUT2D eigenvalue weighted by Crippen LogP contribution is 2.36. The number of anilines is 1. The quantitative estimate of drug-likeness (QED) is 0.570. The minimum absolute atomic E-state index is 0.932. The largest absolute Gasteiger partial charge is 0.351 e. The lowest BCUT2D eigenvalue weighted by Gasteiger charge is -2.20. The number of pyridine rings is 1. The third-order valence-electron chi connectivity index (χ3n) is 4.53. The summed E-state index contributed by atoms with van der Waals surface area (Å²) < 4.78 is 2.04. The number of rotatable bonds is 3. The van der Waals surface area contributed by atoms with Gasteiger partial charge >= 0.3 is 0 Å². The monoisotopic (exact) mass is 299 g/mol. The van der Waals surface area contributed by atoms with Crippen molar-refractivity contribution >= 4 is 45.5 Å². The molecule has 0 spiro atoms. The minimum atomic E-state index is 0.932. The van der Waals surface area contributed by atoms with Gasteiger partial charge in [-0.25, -0.2) is 4.98 Å². The van der Waals surface area contributed by atoms with Crippen molar-refractivity contribution in [2.24, 2.45) is 0 Å². The first kappa shape index (κ1) is 13.6. The third-order valence-corrected chi connectivity index (χ3v) is 4.53. The van der Waals surface area contributed by atoms with E-state index in [9.17, 15) is 0 Å². The van der Waals surface area contributed by atoms with Crippen LogP contribution in [0.1, 0.15) is 5.56 Å². The summed E-state index contributed by atoms with van der Waals surface area (Å²) in [5.74, 6) is 0. The van der Waals surface area contributed by atoms with Crippen molar-refractivity contribution in [2.75, 3.05) is 11.9 Å². The second-order valence-corrected chi connectivity index (χ2v) is 5.65. The average molecular weight is 299 g/mol. The molecular weight excluding hydrogens is 282 g/mol. The highest BCUT2D eigenvalue weighted by molar-refractivity contribution is 6.20. The molecule has 0 saturated heterocycles. The predicted molar refractivity (Wildman–Crippen MR) is 99.6 cm³/mol. The maximum Gasteiger partial charge on any atom is 0.145 e. The van der Waals surface area contributed by atoms with Gasteiger partial charge in [-0.3, -0.25) is 4.40 Å². The number of aromatic nitrogens is 2. The Morgan fingerprint density at radius 2 is 1.87 bits per heavy atom. The number of hydrogen-bond donors (Lipinski definition) is 0. The zero-order valence-corrected chi connectivity index (χ0v) is 13.1. The molecule has 0 aliphatic carbocycles. The lowest BCUT2D eigenvalue weighted by atomic mass is 9.95. The molecule has 0 aliphatic heterocycles. The van der Waals surface area contributed by atoms with E-state index in [2.05, 4.69) is 49.0 Å². The van der Waals surface area contributed by atoms with Crippen LogP contribution in [-0.4, -0.2) is 16.4 Å². The molecule has 0 radical (unpaired) electrons. The molecule has 2 aromatic heterocycles. The van der Waals surface area contributed by atoms with Crippen LogP contribution in [0.15, 0.2) is 56.0 Å². The molecule has 0 bridgehead atoms. The highest BCUT2D eigenvalue weighted by atomic mass is 15.1. The van der Waals surface area contributed by atoms with Crippen molar-refractivity contribution in [3.63, 3.8) is 0 Å². The summed E-state index contributed by atoms with van der Waals surface area (Å²) in [5, 5.41) is 5.54. The van der Waals surface area contributed by atoms with E-state index in [1.165, 1.54) is 5.39 Å². The van der Waals surface area contributed by atoms with E-state index in [-0.39, 0.29) is 0 Å². The molecule has 0 amide bonds. The fourth-order valence-corrected chi connectivity index (χ4v) is 3.34. The molecule has 2 heterocycles.